The SMILES string of the molecule is Cc1ccc(C[C@H](NC(=O)c2cc(C)cc(C)c2)C(=O)O)cc1. The third-order valence-electron chi connectivity index (χ3n) is 3.65. The minimum absolute atomic E-state index is 0.256. The number of benzene rings is 2. The molecule has 0 spiro atoms. The van der Waals surface area contributed by atoms with E-state index in [1.165, 1.54) is 0 Å². The number of rotatable bonds is 5. The lowest BCUT2D eigenvalue weighted by atomic mass is 10.0. The number of hydrogen-bond acceptors (Lipinski definition) is 2. The molecule has 1 amide bonds. The summed E-state index contributed by atoms with van der Waals surface area (Å²) in [4.78, 5) is 23.8. The molecule has 1 atom stereocenters. The van der Waals surface area contributed by atoms with Crippen LogP contribution in [0.1, 0.15) is 32.6 Å². The summed E-state index contributed by atoms with van der Waals surface area (Å²) in [5.74, 6) is -1.40. The van der Waals surface area contributed by atoms with Crippen LogP contribution >= 0.6 is 0 Å². The van der Waals surface area contributed by atoms with Crippen molar-refractivity contribution in [1.29, 1.82) is 0 Å². The van der Waals surface area contributed by atoms with Crippen molar-refractivity contribution >= 4 is 11.9 Å². The molecule has 0 saturated carbocycles. The van der Waals surface area contributed by atoms with Crippen molar-refractivity contribution in [2.45, 2.75) is 33.2 Å². The van der Waals surface area contributed by atoms with Crippen molar-refractivity contribution < 1.29 is 14.7 Å². The highest BCUT2D eigenvalue weighted by molar-refractivity contribution is 5.97. The van der Waals surface area contributed by atoms with Crippen LogP contribution in [0.25, 0.3) is 0 Å². The Bertz CT molecular complexity index is 700. The summed E-state index contributed by atoms with van der Waals surface area (Å²) in [6.45, 7) is 5.79. The van der Waals surface area contributed by atoms with Gasteiger partial charge in [-0.1, -0.05) is 47.0 Å². The molecule has 0 saturated heterocycles. The maximum atomic E-state index is 12.3. The fraction of sp³-hybridized carbons (Fsp3) is 0.263. The summed E-state index contributed by atoms with van der Waals surface area (Å²) in [6.07, 6.45) is 0.256. The number of aryl methyl sites for hydroxylation is 3. The van der Waals surface area contributed by atoms with Crippen LogP contribution in [0.5, 0.6) is 0 Å². The average molecular weight is 311 g/mol. The summed E-state index contributed by atoms with van der Waals surface area (Å²) in [5, 5.41) is 12.0. The second-order valence-corrected chi connectivity index (χ2v) is 5.93. The Morgan fingerprint density at radius 3 is 2.04 bits per heavy atom. The summed E-state index contributed by atoms with van der Waals surface area (Å²) >= 11 is 0. The van der Waals surface area contributed by atoms with E-state index in [4.69, 9.17) is 0 Å². The molecule has 2 aromatic rings. The molecular weight excluding hydrogens is 290 g/mol. The molecule has 0 aromatic heterocycles. The van der Waals surface area contributed by atoms with Crippen LogP contribution in [0.3, 0.4) is 0 Å². The van der Waals surface area contributed by atoms with Crippen LogP contribution in [-0.2, 0) is 11.2 Å². The first-order valence-corrected chi connectivity index (χ1v) is 7.52. The second-order valence-electron chi connectivity index (χ2n) is 5.93. The molecule has 2 aromatic carbocycles. The first-order valence-electron chi connectivity index (χ1n) is 7.52. The van der Waals surface area contributed by atoms with Crippen LogP contribution in [0, 0.1) is 20.8 Å². The lowest BCUT2D eigenvalue weighted by molar-refractivity contribution is -0.139. The molecule has 0 fully saturated rings. The monoisotopic (exact) mass is 311 g/mol. The average Bonchev–Trinajstić information content (AvgIpc) is 2.47. The molecule has 4 heteroatoms. The van der Waals surface area contributed by atoms with Crippen molar-refractivity contribution in [3.05, 3.63) is 70.3 Å². The number of aliphatic carboxylic acids is 1. The van der Waals surface area contributed by atoms with E-state index in [2.05, 4.69) is 5.32 Å². The summed E-state index contributed by atoms with van der Waals surface area (Å²) < 4.78 is 0. The predicted octanol–water partition coefficient (Wildman–Crippen LogP) is 3.04. The molecule has 0 radical (unpaired) electrons. The van der Waals surface area contributed by atoms with Crippen LogP contribution < -0.4 is 5.32 Å². The van der Waals surface area contributed by atoms with Gasteiger partial charge in [-0.15, -0.1) is 0 Å². The fourth-order valence-corrected chi connectivity index (χ4v) is 2.51. The highest BCUT2D eigenvalue weighted by atomic mass is 16.4. The van der Waals surface area contributed by atoms with Gasteiger partial charge >= 0.3 is 5.97 Å². The molecule has 0 aliphatic heterocycles. The Balaban J connectivity index is 2.14. The number of carboxylic acids is 1. The van der Waals surface area contributed by atoms with Crippen molar-refractivity contribution in [1.82, 2.24) is 5.32 Å². The van der Waals surface area contributed by atoms with Gasteiger partial charge in [-0.2, -0.15) is 0 Å². The summed E-state index contributed by atoms with van der Waals surface area (Å²) in [5.41, 5.74) is 4.42. The number of carbonyl (C=O) groups is 2. The number of nitrogens with one attached hydrogen (secondary N) is 1. The van der Waals surface area contributed by atoms with Gasteiger partial charge in [-0.25, -0.2) is 4.79 Å². The van der Waals surface area contributed by atoms with Crippen LogP contribution in [0.4, 0.5) is 0 Å². The Morgan fingerprint density at radius 2 is 1.52 bits per heavy atom. The highest BCUT2D eigenvalue weighted by Crippen LogP contribution is 2.11. The van der Waals surface area contributed by atoms with Gasteiger partial charge in [0.1, 0.15) is 6.04 Å². The van der Waals surface area contributed by atoms with Crippen molar-refractivity contribution in [3.63, 3.8) is 0 Å². The number of hydrogen-bond donors (Lipinski definition) is 2. The summed E-state index contributed by atoms with van der Waals surface area (Å²) in [6, 6.07) is 12.2. The molecule has 0 bridgehead atoms. The molecule has 0 aliphatic rings. The minimum Gasteiger partial charge on any atom is -0.480 e. The molecule has 120 valence electrons. The first kappa shape index (κ1) is 16.7. The van der Waals surface area contributed by atoms with Crippen LogP contribution in [-0.4, -0.2) is 23.0 Å². The van der Waals surface area contributed by atoms with Gasteiger partial charge in [-0.3, -0.25) is 4.79 Å². The third kappa shape index (κ3) is 4.68. The van der Waals surface area contributed by atoms with E-state index in [-0.39, 0.29) is 12.3 Å². The van der Waals surface area contributed by atoms with Gasteiger partial charge in [0.25, 0.3) is 5.91 Å². The van der Waals surface area contributed by atoms with Gasteiger partial charge in [0, 0.05) is 12.0 Å². The van der Waals surface area contributed by atoms with Gasteiger partial charge in [0.05, 0.1) is 0 Å². The van der Waals surface area contributed by atoms with E-state index in [1.54, 1.807) is 12.1 Å². The van der Waals surface area contributed by atoms with Crippen molar-refractivity contribution in [2.24, 2.45) is 0 Å². The van der Waals surface area contributed by atoms with Crippen LogP contribution in [0.15, 0.2) is 42.5 Å². The van der Waals surface area contributed by atoms with Crippen molar-refractivity contribution in [3.8, 4) is 0 Å². The van der Waals surface area contributed by atoms with Gasteiger partial charge in [-0.05, 0) is 38.5 Å². The van der Waals surface area contributed by atoms with E-state index < -0.39 is 12.0 Å². The number of amides is 1. The maximum absolute atomic E-state index is 12.3. The molecule has 0 aliphatic carbocycles. The van der Waals surface area contributed by atoms with Crippen molar-refractivity contribution in [2.75, 3.05) is 0 Å². The van der Waals surface area contributed by atoms with E-state index in [9.17, 15) is 14.7 Å². The smallest absolute Gasteiger partial charge is 0.326 e. The molecule has 2 rings (SSSR count). The molecule has 0 heterocycles. The number of carbonyl (C=O) groups excluding carboxylic acids is 1. The quantitative estimate of drug-likeness (QED) is 0.892. The second kappa shape index (κ2) is 7.09. The molecule has 0 unspecified atom stereocenters. The molecule has 4 nitrogen and oxygen atoms in total. The lowest BCUT2D eigenvalue weighted by Gasteiger charge is -2.15. The van der Waals surface area contributed by atoms with Gasteiger partial charge < -0.3 is 10.4 Å². The highest BCUT2D eigenvalue weighted by Gasteiger charge is 2.21. The number of carboxylic acid groups (broad SMARTS) is 1. The van der Waals surface area contributed by atoms with Gasteiger partial charge in [0.15, 0.2) is 0 Å². The predicted molar refractivity (Wildman–Crippen MR) is 89.7 cm³/mol. The Kier molecular flexibility index (Phi) is 5.16. The fourth-order valence-electron chi connectivity index (χ4n) is 2.51. The lowest BCUT2D eigenvalue weighted by Crippen LogP contribution is -2.42. The molecule has 23 heavy (non-hydrogen) atoms. The van der Waals surface area contributed by atoms with E-state index in [0.29, 0.717) is 5.56 Å². The first-order chi connectivity index (χ1) is 10.8. The van der Waals surface area contributed by atoms with Crippen LogP contribution in [0.2, 0.25) is 0 Å². The molecular formula is C19H21NO3. The zero-order valence-electron chi connectivity index (χ0n) is 13.6. The normalized spacial score (nSPS) is 11.8. The Labute approximate surface area is 136 Å². The maximum Gasteiger partial charge on any atom is 0.326 e. The zero-order valence-corrected chi connectivity index (χ0v) is 13.6. The summed E-state index contributed by atoms with van der Waals surface area (Å²) in [7, 11) is 0. The van der Waals surface area contributed by atoms with E-state index in [1.807, 2.05) is 51.1 Å². The molecule has 2 N–H and O–H groups in total. The minimum atomic E-state index is -1.04. The topological polar surface area (TPSA) is 66.4 Å². The third-order valence-corrected chi connectivity index (χ3v) is 3.65. The van der Waals surface area contributed by atoms with E-state index >= 15 is 0 Å². The van der Waals surface area contributed by atoms with Gasteiger partial charge in [0.2, 0.25) is 0 Å². The standard InChI is InChI=1S/C19H21NO3/c1-12-4-6-15(7-5-12)11-17(19(22)23)20-18(21)16-9-13(2)8-14(3)10-16/h4-10,17H,11H2,1-3H3,(H,20,21)(H,22,23)/t17-/m0/s1. The zero-order chi connectivity index (χ0) is 17.0. The Hall–Kier alpha value is -2.62. The largest absolute Gasteiger partial charge is 0.480 e. The Morgan fingerprint density at radius 1 is 0.957 bits per heavy atom. The van der Waals surface area contributed by atoms with E-state index in [0.717, 1.165) is 22.3 Å².